The molecule has 21 heavy (non-hydrogen) atoms. The summed E-state index contributed by atoms with van der Waals surface area (Å²) in [5, 5.41) is 9.92. The summed E-state index contributed by atoms with van der Waals surface area (Å²) in [6.07, 6.45) is 4.03. The Labute approximate surface area is 135 Å². The summed E-state index contributed by atoms with van der Waals surface area (Å²) in [6, 6.07) is 2.17. The van der Waals surface area contributed by atoms with Gasteiger partial charge in [0, 0.05) is 11.8 Å². The number of thioether (sulfide) groups is 2. The van der Waals surface area contributed by atoms with Crippen LogP contribution in [-0.4, -0.2) is 27.4 Å². The average Bonchev–Trinajstić information content (AvgIpc) is 3.36. The van der Waals surface area contributed by atoms with E-state index >= 15 is 0 Å². The second kappa shape index (κ2) is 6.51. The first-order chi connectivity index (χ1) is 10.2. The molecular weight excluding hydrogens is 324 g/mol. The van der Waals surface area contributed by atoms with Crippen molar-refractivity contribution in [3.05, 3.63) is 5.56 Å². The lowest BCUT2D eigenvalue weighted by Crippen LogP contribution is -2.03. The molecule has 3 rings (SSSR count). The molecule has 0 atom stereocenters. The van der Waals surface area contributed by atoms with Gasteiger partial charge in [-0.1, -0.05) is 11.8 Å². The monoisotopic (exact) mass is 338 g/mol. The van der Waals surface area contributed by atoms with Crippen molar-refractivity contribution in [3.8, 4) is 6.07 Å². The molecule has 110 valence electrons. The minimum Gasteiger partial charge on any atom is -0.298 e. The lowest BCUT2D eigenvalue weighted by molar-refractivity contribution is -0.118. The second-order valence-electron chi connectivity index (χ2n) is 5.32. The van der Waals surface area contributed by atoms with Crippen LogP contribution in [0.2, 0.25) is 0 Å². The van der Waals surface area contributed by atoms with Crippen molar-refractivity contribution in [2.24, 2.45) is 11.8 Å². The van der Waals surface area contributed by atoms with Gasteiger partial charge < -0.3 is 0 Å². The number of ketones is 2. The highest BCUT2D eigenvalue weighted by Gasteiger charge is 2.31. The molecule has 0 N–H and O–H groups in total. The fourth-order valence-corrected chi connectivity index (χ4v) is 4.92. The number of rotatable bonds is 8. The molecule has 0 aliphatic heterocycles. The van der Waals surface area contributed by atoms with Crippen LogP contribution >= 0.6 is 35.1 Å². The zero-order chi connectivity index (χ0) is 14.8. The molecule has 1 aromatic heterocycles. The van der Waals surface area contributed by atoms with Gasteiger partial charge in [0.2, 0.25) is 0 Å². The number of hydrogen-bond donors (Lipinski definition) is 0. The maximum atomic E-state index is 11.7. The van der Waals surface area contributed by atoms with E-state index in [0.717, 1.165) is 29.9 Å². The van der Waals surface area contributed by atoms with Gasteiger partial charge in [-0.2, -0.15) is 9.64 Å². The van der Waals surface area contributed by atoms with Crippen molar-refractivity contribution in [2.45, 2.75) is 34.9 Å². The van der Waals surface area contributed by atoms with Crippen LogP contribution in [-0.2, 0) is 9.59 Å². The first-order valence-corrected chi connectivity index (χ1v) is 9.64. The molecule has 0 radical (unpaired) electrons. The molecule has 1 aromatic rings. The van der Waals surface area contributed by atoms with E-state index in [1.54, 1.807) is 0 Å². The van der Waals surface area contributed by atoms with E-state index < -0.39 is 0 Å². The largest absolute Gasteiger partial charge is 0.298 e. The first-order valence-electron chi connectivity index (χ1n) is 6.90. The summed E-state index contributed by atoms with van der Waals surface area (Å²) in [7, 11) is 0. The van der Waals surface area contributed by atoms with Gasteiger partial charge in [-0.25, -0.2) is 0 Å². The normalized spacial score (nSPS) is 17.5. The molecule has 1 heterocycles. The van der Waals surface area contributed by atoms with Crippen LogP contribution in [0.25, 0.3) is 0 Å². The third kappa shape index (κ3) is 3.87. The lowest BCUT2D eigenvalue weighted by Gasteiger charge is -1.99. The summed E-state index contributed by atoms with van der Waals surface area (Å²) in [6.45, 7) is 0. The Balaban J connectivity index is 1.58. The van der Waals surface area contributed by atoms with Crippen LogP contribution in [0.1, 0.15) is 31.2 Å². The van der Waals surface area contributed by atoms with Crippen LogP contribution < -0.4 is 0 Å². The zero-order valence-corrected chi connectivity index (χ0v) is 13.8. The highest BCUT2D eigenvalue weighted by Crippen LogP contribution is 2.38. The number of hydrogen-bond acceptors (Lipinski definition) is 7. The van der Waals surface area contributed by atoms with Crippen LogP contribution in [0.15, 0.2) is 9.24 Å². The first kappa shape index (κ1) is 15.1. The molecular formula is C14H14N2O2S3. The van der Waals surface area contributed by atoms with E-state index in [4.69, 9.17) is 0 Å². The van der Waals surface area contributed by atoms with Gasteiger partial charge in [0.25, 0.3) is 0 Å². The molecule has 2 aliphatic rings. The maximum absolute atomic E-state index is 11.7. The van der Waals surface area contributed by atoms with Crippen molar-refractivity contribution >= 4 is 46.6 Å². The van der Waals surface area contributed by atoms with Crippen LogP contribution in [0, 0.1) is 23.2 Å². The van der Waals surface area contributed by atoms with Gasteiger partial charge in [0.1, 0.15) is 32.4 Å². The zero-order valence-electron chi connectivity index (χ0n) is 11.3. The number of aromatic nitrogens is 1. The Bertz CT molecular complexity index is 567. The Kier molecular flexibility index (Phi) is 4.67. The van der Waals surface area contributed by atoms with Crippen molar-refractivity contribution in [1.29, 1.82) is 5.26 Å². The maximum Gasteiger partial charge on any atom is 0.146 e. The number of carbonyl (C=O) groups is 2. The standard InChI is InChI=1S/C14H14N2O2S3/c15-5-10-13(19-6-11(17)8-1-2-8)16-21-14(10)20-7-12(18)9-3-4-9/h8-9H,1-4,6-7H2. The molecule has 2 aliphatic carbocycles. The van der Waals surface area contributed by atoms with E-state index in [-0.39, 0.29) is 23.4 Å². The van der Waals surface area contributed by atoms with Crippen LogP contribution in [0.3, 0.4) is 0 Å². The van der Waals surface area contributed by atoms with Crippen LogP contribution in [0.5, 0.6) is 0 Å². The summed E-state index contributed by atoms with van der Waals surface area (Å²) < 4.78 is 5.07. The average molecular weight is 338 g/mol. The third-order valence-corrected chi connectivity index (χ3v) is 6.73. The fraction of sp³-hybridized carbons (Fsp3) is 0.571. The van der Waals surface area contributed by atoms with Crippen molar-refractivity contribution in [3.63, 3.8) is 0 Å². The molecule has 0 aromatic carbocycles. The van der Waals surface area contributed by atoms with Crippen molar-refractivity contribution in [2.75, 3.05) is 11.5 Å². The van der Waals surface area contributed by atoms with Crippen LogP contribution in [0.4, 0.5) is 0 Å². The quantitative estimate of drug-likeness (QED) is 0.678. The minimum absolute atomic E-state index is 0.242. The van der Waals surface area contributed by atoms with Gasteiger partial charge in [0.15, 0.2) is 0 Å². The van der Waals surface area contributed by atoms with E-state index in [2.05, 4.69) is 10.4 Å². The van der Waals surface area contributed by atoms with Gasteiger partial charge in [-0.15, -0.1) is 11.8 Å². The molecule has 4 nitrogen and oxygen atoms in total. The molecule has 7 heteroatoms. The molecule has 0 saturated heterocycles. The SMILES string of the molecule is N#Cc1c(SCC(=O)C2CC2)nsc1SCC(=O)C1CC1. The lowest BCUT2D eigenvalue weighted by atomic mass is 10.3. The van der Waals surface area contributed by atoms with E-state index in [1.165, 1.54) is 35.1 Å². The number of nitrogens with zero attached hydrogens (tertiary/aromatic N) is 2. The van der Waals surface area contributed by atoms with E-state index in [9.17, 15) is 14.9 Å². The molecule has 2 fully saturated rings. The summed E-state index contributed by atoms with van der Waals surface area (Å²) >= 11 is 4.01. The smallest absolute Gasteiger partial charge is 0.146 e. The number of Topliss-reactive ketones (excluding diaryl/α,β-unsaturated/α-hetero) is 2. The topological polar surface area (TPSA) is 70.8 Å². The van der Waals surface area contributed by atoms with E-state index in [0.29, 0.717) is 22.1 Å². The number of nitriles is 1. The molecule has 0 amide bonds. The highest BCUT2D eigenvalue weighted by molar-refractivity contribution is 8.02. The molecule has 2 saturated carbocycles. The van der Waals surface area contributed by atoms with E-state index in [1.807, 2.05) is 0 Å². The molecule has 0 unspecified atom stereocenters. The van der Waals surface area contributed by atoms with Gasteiger partial charge in [0.05, 0.1) is 11.5 Å². The number of carbonyl (C=O) groups excluding carboxylic acids is 2. The Morgan fingerprint density at radius 1 is 1.14 bits per heavy atom. The summed E-state index contributed by atoms with van der Waals surface area (Å²) in [4.78, 5) is 23.4. The highest BCUT2D eigenvalue weighted by atomic mass is 32.2. The third-order valence-electron chi connectivity index (χ3n) is 3.50. The Hall–Kier alpha value is -0.840. The minimum atomic E-state index is 0.242. The molecule has 0 spiro atoms. The fourth-order valence-electron chi connectivity index (χ4n) is 1.87. The predicted octanol–water partition coefficient (Wildman–Crippen LogP) is 3.16. The molecule has 0 bridgehead atoms. The van der Waals surface area contributed by atoms with Gasteiger partial charge in [-0.05, 0) is 37.2 Å². The Morgan fingerprint density at radius 2 is 1.71 bits per heavy atom. The second-order valence-corrected chi connectivity index (χ2v) is 8.30. The van der Waals surface area contributed by atoms with Gasteiger partial charge >= 0.3 is 0 Å². The Morgan fingerprint density at radius 3 is 2.24 bits per heavy atom. The van der Waals surface area contributed by atoms with Gasteiger partial charge in [-0.3, -0.25) is 9.59 Å². The van der Waals surface area contributed by atoms with Crippen molar-refractivity contribution in [1.82, 2.24) is 4.37 Å². The van der Waals surface area contributed by atoms with Crippen molar-refractivity contribution < 1.29 is 9.59 Å². The summed E-state index contributed by atoms with van der Waals surface area (Å²) in [5.41, 5.74) is 0.530. The predicted molar refractivity (Wildman–Crippen MR) is 83.7 cm³/mol. The summed E-state index contributed by atoms with van der Waals surface area (Å²) in [5.74, 6) is 1.85.